The van der Waals surface area contributed by atoms with Gasteiger partial charge in [0.1, 0.15) is 12.4 Å². The number of rotatable bonds is 9. The summed E-state index contributed by atoms with van der Waals surface area (Å²) in [4.78, 5) is 36.6. The third-order valence-corrected chi connectivity index (χ3v) is 9.51. The Bertz CT molecular complexity index is 1240. The van der Waals surface area contributed by atoms with Crippen LogP contribution in [0.25, 0.3) is 0 Å². The maximum absolute atomic E-state index is 12.1. The van der Waals surface area contributed by atoms with Crippen molar-refractivity contribution in [2.75, 3.05) is 29.9 Å². The summed E-state index contributed by atoms with van der Waals surface area (Å²) in [6.07, 6.45) is 10.6. The zero-order valence-corrected chi connectivity index (χ0v) is 23.1. The lowest BCUT2D eigenvalue weighted by atomic mass is 9.52. The highest BCUT2D eigenvalue weighted by atomic mass is 16.6. The van der Waals surface area contributed by atoms with Gasteiger partial charge in [-0.05, 0) is 68.1 Å². The molecule has 3 fully saturated rings. The molecule has 3 heterocycles. The first kappa shape index (κ1) is 25.8. The van der Waals surface area contributed by atoms with E-state index in [4.69, 9.17) is 4.74 Å². The second kappa shape index (κ2) is 10.3. The number of hydrogen-bond donors (Lipinski definition) is 1. The van der Waals surface area contributed by atoms with Crippen molar-refractivity contribution < 1.29 is 14.3 Å². The Hall–Kier alpha value is -3.42. The molecule has 1 saturated heterocycles. The molecule has 1 aromatic carbocycles. The van der Waals surface area contributed by atoms with Crippen LogP contribution in [-0.4, -0.2) is 46.5 Å². The SMILES string of the molecule is C=CC(=O)N1CC2(CC([C@@H](CC3CCC3)c3ccc([C@H](C)Nc4ncc5c(n4)N(CC)C(=O)OC5)cc3)C2)C1. The third-order valence-electron chi connectivity index (χ3n) is 9.51. The molecule has 0 unspecified atom stereocenters. The molecule has 1 N–H and O–H groups in total. The second-order valence-electron chi connectivity index (χ2n) is 12.1. The predicted octanol–water partition coefficient (Wildman–Crippen LogP) is 5.82. The van der Waals surface area contributed by atoms with Gasteiger partial charge in [-0.3, -0.25) is 9.69 Å². The van der Waals surface area contributed by atoms with Gasteiger partial charge in [0.2, 0.25) is 11.9 Å². The van der Waals surface area contributed by atoms with Crippen LogP contribution in [0.3, 0.4) is 0 Å². The summed E-state index contributed by atoms with van der Waals surface area (Å²) in [5, 5.41) is 3.42. The summed E-state index contributed by atoms with van der Waals surface area (Å²) in [7, 11) is 0. The third kappa shape index (κ3) is 4.90. The van der Waals surface area contributed by atoms with Crippen LogP contribution in [0.1, 0.15) is 81.0 Å². The van der Waals surface area contributed by atoms with E-state index in [0.717, 1.165) is 24.6 Å². The van der Waals surface area contributed by atoms with Gasteiger partial charge in [-0.1, -0.05) is 50.1 Å². The average Bonchev–Trinajstić information content (AvgIpc) is 2.87. The zero-order chi connectivity index (χ0) is 27.1. The minimum absolute atomic E-state index is 0.0168. The number of ether oxygens (including phenoxy) is 1. The van der Waals surface area contributed by atoms with Crippen molar-refractivity contribution in [1.82, 2.24) is 14.9 Å². The van der Waals surface area contributed by atoms with Crippen LogP contribution in [-0.2, 0) is 16.1 Å². The molecule has 8 heteroatoms. The van der Waals surface area contributed by atoms with Gasteiger partial charge >= 0.3 is 6.09 Å². The Labute approximate surface area is 230 Å². The van der Waals surface area contributed by atoms with Crippen LogP contribution in [0.2, 0.25) is 0 Å². The lowest BCUT2D eigenvalue weighted by molar-refractivity contribution is -0.151. The highest BCUT2D eigenvalue weighted by Gasteiger charge is 2.55. The van der Waals surface area contributed by atoms with Crippen molar-refractivity contribution >= 4 is 23.8 Å². The molecule has 2 atom stereocenters. The van der Waals surface area contributed by atoms with Gasteiger partial charge < -0.3 is 15.0 Å². The Morgan fingerprint density at radius 1 is 1.23 bits per heavy atom. The normalized spacial score (nSPS) is 21.6. The van der Waals surface area contributed by atoms with E-state index in [9.17, 15) is 9.59 Å². The minimum Gasteiger partial charge on any atom is -0.444 e. The molecule has 2 aliphatic heterocycles. The molecule has 1 aromatic heterocycles. The molecule has 0 radical (unpaired) electrons. The Balaban J connectivity index is 1.12. The van der Waals surface area contributed by atoms with Gasteiger partial charge in [-0.25, -0.2) is 9.78 Å². The van der Waals surface area contributed by atoms with E-state index in [1.807, 2.05) is 11.8 Å². The fourth-order valence-electron chi connectivity index (χ4n) is 7.03. The molecule has 39 heavy (non-hydrogen) atoms. The number of nitrogens with one attached hydrogen (secondary N) is 1. The molecular formula is C31H39N5O3. The van der Waals surface area contributed by atoms with Crippen molar-refractivity contribution in [2.45, 2.75) is 70.9 Å². The van der Waals surface area contributed by atoms with Crippen LogP contribution < -0.4 is 10.2 Å². The molecule has 4 aliphatic rings. The first-order valence-electron chi connectivity index (χ1n) is 14.5. The van der Waals surface area contributed by atoms with Crippen molar-refractivity contribution in [3.05, 3.63) is 59.8 Å². The van der Waals surface area contributed by atoms with Gasteiger partial charge in [0.25, 0.3) is 0 Å². The maximum atomic E-state index is 12.1. The number of carbonyl (C=O) groups is 2. The number of likely N-dealkylation sites (tertiary alicyclic amines) is 1. The molecule has 2 aliphatic carbocycles. The van der Waals surface area contributed by atoms with E-state index in [-0.39, 0.29) is 24.6 Å². The van der Waals surface area contributed by atoms with Crippen LogP contribution in [0.15, 0.2) is 43.1 Å². The summed E-state index contributed by atoms with van der Waals surface area (Å²) < 4.78 is 5.20. The second-order valence-corrected chi connectivity index (χ2v) is 12.1. The first-order chi connectivity index (χ1) is 18.9. The lowest BCUT2D eigenvalue weighted by Crippen LogP contribution is -2.64. The molecular weight excluding hydrogens is 490 g/mol. The Kier molecular flexibility index (Phi) is 6.81. The van der Waals surface area contributed by atoms with E-state index < -0.39 is 0 Å². The number of fused-ring (bicyclic) bond motifs is 1. The monoisotopic (exact) mass is 529 g/mol. The van der Waals surface area contributed by atoms with Crippen LogP contribution in [0, 0.1) is 17.3 Å². The van der Waals surface area contributed by atoms with Gasteiger partial charge in [0, 0.05) is 31.2 Å². The fraction of sp³-hybridized carbons (Fsp3) is 0.548. The van der Waals surface area contributed by atoms with Crippen LogP contribution >= 0.6 is 0 Å². The summed E-state index contributed by atoms with van der Waals surface area (Å²) in [6.45, 7) is 10.1. The fourth-order valence-corrected chi connectivity index (χ4v) is 7.03. The average molecular weight is 530 g/mol. The predicted molar refractivity (Wildman–Crippen MR) is 150 cm³/mol. The number of anilines is 2. The standard InChI is InChI=1S/C31H39N5O3/c1-4-27(37)35-18-31(19-35)14-24(15-31)26(13-21-7-6-8-21)23-11-9-22(10-12-23)20(3)33-29-32-16-25-17-39-30(38)36(5-2)28(25)34-29/h4,9-12,16,20-21,24,26H,1,5-8,13-15,17-19H2,2-3H3,(H,32,33,34)/t20-,26-/m0/s1. The number of aromatic nitrogens is 2. The molecule has 6 rings (SSSR count). The van der Waals surface area contributed by atoms with Crippen molar-refractivity contribution in [3.63, 3.8) is 0 Å². The van der Waals surface area contributed by atoms with Gasteiger partial charge in [0.15, 0.2) is 0 Å². The van der Waals surface area contributed by atoms with E-state index in [1.165, 1.54) is 60.6 Å². The molecule has 2 saturated carbocycles. The molecule has 206 valence electrons. The molecule has 8 nitrogen and oxygen atoms in total. The van der Waals surface area contributed by atoms with Gasteiger partial charge in [0.05, 0.1) is 11.6 Å². The van der Waals surface area contributed by atoms with E-state index >= 15 is 0 Å². The number of benzene rings is 1. The highest BCUT2D eigenvalue weighted by Crippen LogP contribution is 2.58. The van der Waals surface area contributed by atoms with Gasteiger partial charge in [-0.2, -0.15) is 4.98 Å². The Morgan fingerprint density at radius 2 is 1.95 bits per heavy atom. The lowest BCUT2D eigenvalue weighted by Gasteiger charge is -2.60. The topological polar surface area (TPSA) is 87.7 Å². The van der Waals surface area contributed by atoms with E-state index in [1.54, 1.807) is 6.20 Å². The largest absolute Gasteiger partial charge is 0.444 e. The summed E-state index contributed by atoms with van der Waals surface area (Å²) >= 11 is 0. The summed E-state index contributed by atoms with van der Waals surface area (Å²) in [6, 6.07) is 9.12. The first-order valence-corrected chi connectivity index (χ1v) is 14.5. The van der Waals surface area contributed by atoms with Gasteiger partial charge in [-0.15, -0.1) is 0 Å². The molecule has 2 amide bonds. The van der Waals surface area contributed by atoms with E-state index in [0.29, 0.717) is 35.6 Å². The smallest absolute Gasteiger partial charge is 0.415 e. The van der Waals surface area contributed by atoms with Crippen molar-refractivity contribution in [3.8, 4) is 0 Å². The number of nitrogens with zero attached hydrogens (tertiary/aromatic N) is 4. The number of amides is 2. The molecule has 2 aromatic rings. The molecule has 1 spiro atoms. The highest BCUT2D eigenvalue weighted by molar-refractivity contribution is 5.89. The number of hydrogen-bond acceptors (Lipinski definition) is 6. The minimum atomic E-state index is -0.369. The van der Waals surface area contributed by atoms with Crippen LogP contribution in [0.4, 0.5) is 16.6 Å². The van der Waals surface area contributed by atoms with Crippen molar-refractivity contribution in [1.29, 1.82) is 0 Å². The summed E-state index contributed by atoms with van der Waals surface area (Å²) in [5.74, 6) is 3.34. The van der Waals surface area contributed by atoms with Crippen molar-refractivity contribution in [2.24, 2.45) is 17.3 Å². The molecule has 0 bridgehead atoms. The van der Waals surface area contributed by atoms with Crippen LogP contribution in [0.5, 0.6) is 0 Å². The quantitative estimate of drug-likeness (QED) is 0.412. The maximum Gasteiger partial charge on any atom is 0.415 e. The zero-order valence-electron chi connectivity index (χ0n) is 23.1. The number of carbonyl (C=O) groups excluding carboxylic acids is 2. The Morgan fingerprint density at radius 3 is 2.59 bits per heavy atom. The summed E-state index contributed by atoms with van der Waals surface area (Å²) in [5.41, 5.74) is 3.78. The number of cyclic esters (lactones) is 1. The van der Waals surface area contributed by atoms with E-state index in [2.05, 4.69) is 53.1 Å².